The first-order valence-electron chi connectivity index (χ1n) is 6.63. The van der Waals surface area contributed by atoms with Gasteiger partial charge in [0.25, 0.3) is 14.9 Å². The third-order valence-corrected chi connectivity index (χ3v) is 5.39. The smallest absolute Gasteiger partial charge is 0.277 e. The molecule has 0 saturated heterocycles. The van der Waals surface area contributed by atoms with E-state index < -0.39 is 31.6 Å². The maximum atomic E-state index is 12.7. The van der Waals surface area contributed by atoms with Crippen molar-refractivity contribution in [3.05, 3.63) is 40.3 Å². The molecule has 1 aromatic carbocycles. The van der Waals surface area contributed by atoms with Crippen molar-refractivity contribution in [3.8, 4) is 12.1 Å². The molecule has 12 heteroatoms. The van der Waals surface area contributed by atoms with Crippen molar-refractivity contribution in [1.29, 1.82) is 10.5 Å². The molecule has 0 amide bonds. The molecular formula is C14H8F3N5O2S2. The van der Waals surface area contributed by atoms with Crippen LogP contribution in [0.5, 0.6) is 0 Å². The number of rotatable bonds is 3. The minimum absolute atomic E-state index is 0.169. The molecular weight excluding hydrogens is 391 g/mol. The second-order valence-electron chi connectivity index (χ2n) is 4.75. The Morgan fingerprint density at radius 1 is 1.35 bits per heavy atom. The van der Waals surface area contributed by atoms with Crippen molar-refractivity contribution in [2.45, 2.75) is 18.1 Å². The lowest BCUT2D eigenvalue weighted by atomic mass is 10.2. The van der Waals surface area contributed by atoms with Gasteiger partial charge in [-0.05, 0) is 36.7 Å². The van der Waals surface area contributed by atoms with E-state index >= 15 is 0 Å². The van der Waals surface area contributed by atoms with E-state index in [1.54, 1.807) is 6.07 Å². The van der Waals surface area contributed by atoms with E-state index in [4.69, 9.17) is 10.5 Å². The molecule has 0 atom stereocenters. The molecule has 0 radical (unpaired) electrons. The topological polar surface area (TPSA) is 119 Å². The molecule has 0 spiro atoms. The van der Waals surface area contributed by atoms with Crippen LogP contribution in [0.1, 0.15) is 16.0 Å². The van der Waals surface area contributed by atoms with E-state index in [2.05, 4.69) is 14.9 Å². The van der Waals surface area contributed by atoms with Crippen molar-refractivity contribution in [1.82, 2.24) is 4.37 Å². The van der Waals surface area contributed by atoms with Crippen molar-refractivity contribution < 1.29 is 21.6 Å². The Morgan fingerprint density at radius 2 is 2.04 bits per heavy atom. The zero-order valence-corrected chi connectivity index (χ0v) is 14.5. The lowest BCUT2D eigenvalue weighted by molar-refractivity contribution is -0.137. The van der Waals surface area contributed by atoms with Crippen molar-refractivity contribution in [3.63, 3.8) is 0 Å². The molecule has 0 saturated carbocycles. The lowest BCUT2D eigenvalue weighted by Gasteiger charge is -2.08. The Hall–Kier alpha value is -2.96. The first-order chi connectivity index (χ1) is 12.1. The Kier molecular flexibility index (Phi) is 5.30. The Balaban J connectivity index is 2.40. The van der Waals surface area contributed by atoms with Crippen molar-refractivity contribution >= 4 is 32.1 Å². The summed E-state index contributed by atoms with van der Waals surface area (Å²) in [6.07, 6.45) is -4.59. The molecule has 0 aliphatic heterocycles. The largest absolute Gasteiger partial charge is 0.416 e. The predicted octanol–water partition coefficient (Wildman–Crippen LogP) is 3.06. The minimum atomic E-state index is -4.59. The summed E-state index contributed by atoms with van der Waals surface area (Å²) in [6, 6.07) is 6.88. The van der Waals surface area contributed by atoms with Gasteiger partial charge in [0.2, 0.25) is 0 Å². The number of aromatic nitrogens is 1. The van der Waals surface area contributed by atoms with Gasteiger partial charge in [-0.2, -0.15) is 33.2 Å². The van der Waals surface area contributed by atoms with Crippen LogP contribution in [0, 0.1) is 29.6 Å². The van der Waals surface area contributed by atoms with Crippen LogP contribution in [0.15, 0.2) is 34.4 Å². The second kappa shape index (κ2) is 7.11. The number of nitrogens with zero attached hydrogens (tertiary/aromatic N) is 4. The summed E-state index contributed by atoms with van der Waals surface area (Å²) in [5.74, 6) is 0. The van der Waals surface area contributed by atoms with Crippen molar-refractivity contribution in [2.75, 3.05) is 5.43 Å². The molecule has 7 nitrogen and oxygen atoms in total. The highest BCUT2D eigenvalue weighted by Gasteiger charge is 2.31. The van der Waals surface area contributed by atoms with E-state index in [9.17, 15) is 21.6 Å². The van der Waals surface area contributed by atoms with Gasteiger partial charge in [-0.15, -0.1) is 0 Å². The van der Waals surface area contributed by atoms with Gasteiger partial charge < -0.3 is 0 Å². The summed E-state index contributed by atoms with van der Waals surface area (Å²) >= 11 is 0.768. The van der Waals surface area contributed by atoms with Gasteiger partial charge in [0.15, 0.2) is 5.03 Å². The van der Waals surface area contributed by atoms with Gasteiger partial charge in [0, 0.05) is 4.88 Å². The maximum Gasteiger partial charge on any atom is 0.416 e. The maximum absolute atomic E-state index is 12.7. The van der Waals surface area contributed by atoms with E-state index in [0.717, 1.165) is 23.7 Å². The quantitative estimate of drug-likeness (QED) is 0.481. The molecule has 1 N–H and O–H groups in total. The summed E-state index contributed by atoms with van der Waals surface area (Å²) in [7, 11) is -4.50. The number of aryl methyl sites for hydroxylation is 1. The molecule has 0 aliphatic carbocycles. The van der Waals surface area contributed by atoms with Crippen LogP contribution in [0.4, 0.5) is 18.9 Å². The van der Waals surface area contributed by atoms with E-state index in [0.29, 0.717) is 10.9 Å². The fraction of sp³-hybridized carbons (Fsp3) is 0.143. The SMILES string of the molecule is Cc1snc(S(=O)(=O)/C(C#N)=N/Nc2cccc(C(F)(F)F)c2)c1C#N. The monoisotopic (exact) mass is 399 g/mol. The minimum Gasteiger partial charge on any atom is -0.277 e. The van der Waals surface area contributed by atoms with Gasteiger partial charge in [0.1, 0.15) is 17.7 Å². The first-order valence-corrected chi connectivity index (χ1v) is 8.89. The lowest BCUT2D eigenvalue weighted by Crippen LogP contribution is -2.16. The molecule has 134 valence electrons. The third kappa shape index (κ3) is 3.82. The summed E-state index contributed by atoms with van der Waals surface area (Å²) in [5.41, 5.74) is 0.756. The number of anilines is 1. The number of hydrogen-bond donors (Lipinski definition) is 1. The summed E-state index contributed by atoms with van der Waals surface area (Å²) in [6.45, 7) is 1.49. The Bertz CT molecular complexity index is 1060. The van der Waals surface area contributed by atoms with Crippen LogP contribution in [-0.4, -0.2) is 17.8 Å². The molecule has 0 fully saturated rings. The van der Waals surface area contributed by atoms with Crippen LogP contribution in [0.3, 0.4) is 0 Å². The number of hydrazone groups is 1. The van der Waals surface area contributed by atoms with Crippen LogP contribution in [-0.2, 0) is 16.0 Å². The number of hydrogen-bond acceptors (Lipinski definition) is 8. The number of halogens is 3. The summed E-state index contributed by atoms with van der Waals surface area (Å²) in [5, 5.41) is 19.8. The zero-order valence-electron chi connectivity index (χ0n) is 12.9. The van der Waals surface area contributed by atoms with E-state index in [1.165, 1.54) is 19.1 Å². The van der Waals surface area contributed by atoms with Crippen molar-refractivity contribution in [2.24, 2.45) is 5.10 Å². The van der Waals surface area contributed by atoms with Crippen LogP contribution in [0.2, 0.25) is 0 Å². The Labute approximate surface area is 150 Å². The predicted molar refractivity (Wildman–Crippen MR) is 86.9 cm³/mol. The molecule has 1 aromatic heterocycles. The zero-order chi connectivity index (χ0) is 19.5. The number of nitrogens with one attached hydrogen (secondary N) is 1. The molecule has 1 heterocycles. The number of benzene rings is 1. The van der Waals surface area contributed by atoms with E-state index in [1.807, 2.05) is 0 Å². The van der Waals surface area contributed by atoms with Gasteiger partial charge >= 0.3 is 6.18 Å². The highest BCUT2D eigenvalue weighted by atomic mass is 32.2. The number of alkyl halides is 3. The fourth-order valence-corrected chi connectivity index (χ4v) is 3.83. The average Bonchev–Trinajstić information content (AvgIpc) is 2.96. The average molecular weight is 399 g/mol. The Morgan fingerprint density at radius 3 is 2.62 bits per heavy atom. The second-order valence-corrected chi connectivity index (χ2v) is 7.51. The van der Waals surface area contributed by atoms with Crippen LogP contribution >= 0.6 is 11.5 Å². The van der Waals surface area contributed by atoms with E-state index in [-0.39, 0.29) is 11.3 Å². The van der Waals surface area contributed by atoms with Gasteiger partial charge in [-0.25, -0.2) is 8.42 Å². The molecule has 2 rings (SSSR count). The van der Waals surface area contributed by atoms with Gasteiger partial charge in [-0.1, -0.05) is 6.07 Å². The number of nitriles is 2. The highest BCUT2D eigenvalue weighted by Crippen LogP contribution is 2.30. The van der Waals surface area contributed by atoms with Crippen LogP contribution in [0.25, 0.3) is 0 Å². The molecule has 0 unspecified atom stereocenters. The number of sulfone groups is 1. The van der Waals surface area contributed by atoms with Crippen LogP contribution < -0.4 is 5.43 Å². The third-order valence-electron chi connectivity index (χ3n) is 3.02. The molecule has 26 heavy (non-hydrogen) atoms. The fourth-order valence-electron chi connectivity index (χ4n) is 1.78. The standard InChI is InChI=1S/C14H8F3N5O2S2/c1-8-11(6-18)13(22-25-8)26(23,24)12(7-19)21-20-10-4-2-3-9(5-10)14(15,16)17/h2-5,20H,1H3/b21-12+. The van der Waals surface area contributed by atoms with Gasteiger partial charge in [0.05, 0.1) is 11.3 Å². The first kappa shape index (κ1) is 19.4. The molecule has 2 aromatic rings. The molecule has 0 bridgehead atoms. The summed E-state index contributed by atoms with van der Waals surface area (Å²) < 4.78 is 66.5. The normalized spacial score (nSPS) is 12.3. The highest BCUT2D eigenvalue weighted by molar-refractivity contribution is 8.07. The summed E-state index contributed by atoms with van der Waals surface area (Å²) in [4.78, 5) is 0.342. The van der Waals surface area contributed by atoms with Gasteiger partial charge in [-0.3, -0.25) is 5.43 Å². The molecule has 0 aliphatic rings.